The molecule has 0 saturated carbocycles. The van der Waals surface area contributed by atoms with Crippen LogP contribution < -0.4 is 0 Å². The van der Waals surface area contributed by atoms with E-state index in [0.29, 0.717) is 0 Å². The van der Waals surface area contributed by atoms with Crippen molar-refractivity contribution in [1.29, 1.82) is 0 Å². The van der Waals surface area contributed by atoms with Crippen molar-refractivity contribution in [3.63, 3.8) is 0 Å². The van der Waals surface area contributed by atoms with Gasteiger partial charge in [0, 0.05) is 13.1 Å². The van der Waals surface area contributed by atoms with Crippen LogP contribution in [0.15, 0.2) is 0 Å². The van der Waals surface area contributed by atoms with Gasteiger partial charge in [0.05, 0.1) is 0 Å². The van der Waals surface area contributed by atoms with Crippen LogP contribution >= 0.6 is 11.8 Å². The molecule has 0 N–H and O–H groups in total. The molecule has 48 valence electrons. The van der Waals surface area contributed by atoms with Crippen molar-refractivity contribution < 1.29 is 0 Å². The van der Waals surface area contributed by atoms with Crippen LogP contribution in [0.2, 0.25) is 0 Å². The Bertz CT molecular complexity index is 66.2. The molecule has 0 unspecified atom stereocenters. The molecular weight excluding hydrogens is 118 g/mol. The number of likely N-dealkylation sites (tertiary alicyclic amines) is 1. The minimum atomic E-state index is 0.995. The van der Waals surface area contributed by atoms with Gasteiger partial charge in [-0.25, -0.2) is 0 Å². The lowest BCUT2D eigenvalue weighted by molar-refractivity contribution is 0.153. The van der Waals surface area contributed by atoms with Crippen molar-refractivity contribution in [3.05, 3.63) is 0 Å². The fourth-order valence-electron chi connectivity index (χ4n) is 1.17. The van der Waals surface area contributed by atoms with Gasteiger partial charge < -0.3 is 4.90 Å². The maximum absolute atomic E-state index is 2.36. The van der Waals surface area contributed by atoms with E-state index in [1.54, 1.807) is 0 Å². The molecule has 0 aliphatic carbocycles. The molecule has 1 nitrogen and oxygen atoms in total. The molecule has 1 aliphatic rings. The molecule has 1 aliphatic heterocycles. The van der Waals surface area contributed by atoms with E-state index in [1.165, 1.54) is 18.8 Å². The number of hydrogen-bond donors (Lipinski definition) is 0. The van der Waals surface area contributed by atoms with Crippen LogP contribution in [0, 0.1) is 5.92 Å². The predicted molar refractivity (Wildman–Crippen MR) is 39.4 cm³/mol. The van der Waals surface area contributed by atoms with Gasteiger partial charge in [-0.05, 0) is 25.0 Å². The summed E-state index contributed by atoms with van der Waals surface area (Å²) in [6.07, 6.45) is 2.18. The molecule has 0 bridgehead atoms. The minimum absolute atomic E-state index is 0.995. The van der Waals surface area contributed by atoms with Crippen molar-refractivity contribution in [3.8, 4) is 0 Å². The maximum Gasteiger partial charge on any atom is 0.00269 e. The third kappa shape index (κ3) is 1.39. The lowest BCUT2D eigenvalue weighted by Crippen LogP contribution is -2.44. The van der Waals surface area contributed by atoms with E-state index in [0.717, 1.165) is 5.92 Å². The maximum atomic E-state index is 2.36. The average Bonchev–Trinajstić information content (AvgIpc) is 1.64. The van der Waals surface area contributed by atoms with Gasteiger partial charge in [-0.1, -0.05) is 0 Å². The Morgan fingerprint density at radius 1 is 1.62 bits per heavy atom. The first-order chi connectivity index (χ1) is 3.83. The topological polar surface area (TPSA) is 3.24 Å². The van der Waals surface area contributed by atoms with Gasteiger partial charge in [0.25, 0.3) is 0 Å². The fourth-order valence-corrected chi connectivity index (χ4v) is 1.85. The van der Waals surface area contributed by atoms with Gasteiger partial charge in [0.15, 0.2) is 0 Å². The number of rotatable bonds is 2. The monoisotopic (exact) mass is 131 g/mol. The third-order valence-electron chi connectivity index (χ3n) is 1.54. The average molecular weight is 131 g/mol. The number of nitrogens with zero attached hydrogens (tertiary/aromatic N) is 1. The Morgan fingerprint density at radius 3 is 2.62 bits per heavy atom. The van der Waals surface area contributed by atoms with Gasteiger partial charge in [0.2, 0.25) is 0 Å². The van der Waals surface area contributed by atoms with Gasteiger partial charge in [-0.15, -0.1) is 0 Å². The molecule has 2 heteroatoms. The van der Waals surface area contributed by atoms with Gasteiger partial charge in [0.1, 0.15) is 0 Å². The second-order valence-corrected chi connectivity index (χ2v) is 3.45. The molecule has 0 radical (unpaired) electrons. The summed E-state index contributed by atoms with van der Waals surface area (Å²) >= 11 is 1.96. The molecule has 1 fully saturated rings. The van der Waals surface area contributed by atoms with Crippen molar-refractivity contribution in [2.75, 3.05) is 32.1 Å². The summed E-state index contributed by atoms with van der Waals surface area (Å²) in [5.74, 6) is 2.35. The third-order valence-corrected chi connectivity index (χ3v) is 2.35. The Hall–Kier alpha value is 0.310. The highest BCUT2D eigenvalue weighted by Gasteiger charge is 2.21. The van der Waals surface area contributed by atoms with E-state index < -0.39 is 0 Å². The lowest BCUT2D eigenvalue weighted by Gasteiger charge is -2.35. The van der Waals surface area contributed by atoms with E-state index >= 15 is 0 Å². The van der Waals surface area contributed by atoms with Crippen molar-refractivity contribution in [2.24, 2.45) is 5.92 Å². The first kappa shape index (κ1) is 6.43. The van der Waals surface area contributed by atoms with Crippen molar-refractivity contribution in [1.82, 2.24) is 4.90 Å². The molecule has 1 rings (SSSR count). The largest absolute Gasteiger partial charge is 0.306 e. The van der Waals surface area contributed by atoms with Crippen LogP contribution in [0.4, 0.5) is 0 Å². The highest BCUT2D eigenvalue weighted by Crippen LogP contribution is 2.16. The van der Waals surface area contributed by atoms with Crippen LogP contribution in [-0.4, -0.2) is 37.0 Å². The number of thioether (sulfide) groups is 1. The normalized spacial score (nSPS) is 23.2. The summed E-state index contributed by atoms with van der Waals surface area (Å²) in [6, 6.07) is 0. The van der Waals surface area contributed by atoms with Gasteiger partial charge >= 0.3 is 0 Å². The Labute approximate surface area is 55.4 Å². The van der Waals surface area contributed by atoms with Crippen molar-refractivity contribution in [2.45, 2.75) is 0 Å². The first-order valence-electron chi connectivity index (χ1n) is 3.00. The predicted octanol–water partition coefficient (Wildman–Crippen LogP) is 0.911. The molecule has 0 aromatic rings. The molecule has 0 aromatic heterocycles. The summed E-state index contributed by atoms with van der Waals surface area (Å²) in [5.41, 5.74) is 0. The van der Waals surface area contributed by atoms with Crippen LogP contribution in [0.3, 0.4) is 0 Å². The van der Waals surface area contributed by atoms with Crippen LogP contribution in [0.25, 0.3) is 0 Å². The van der Waals surface area contributed by atoms with E-state index in [2.05, 4.69) is 18.2 Å². The molecule has 0 atom stereocenters. The second kappa shape index (κ2) is 2.74. The lowest BCUT2D eigenvalue weighted by atomic mass is 10.0. The molecule has 0 aromatic carbocycles. The van der Waals surface area contributed by atoms with E-state index in [4.69, 9.17) is 0 Å². The zero-order valence-corrected chi connectivity index (χ0v) is 6.37. The summed E-state index contributed by atoms with van der Waals surface area (Å²) in [6.45, 7) is 2.64. The second-order valence-electron chi connectivity index (χ2n) is 2.54. The quantitative estimate of drug-likeness (QED) is 0.548. The van der Waals surface area contributed by atoms with Gasteiger partial charge in [-0.2, -0.15) is 11.8 Å². The van der Waals surface area contributed by atoms with Crippen LogP contribution in [0.5, 0.6) is 0 Å². The molecule has 1 heterocycles. The highest BCUT2D eigenvalue weighted by atomic mass is 32.2. The SMILES string of the molecule is CSCC1CN(C)C1. The Kier molecular flexibility index (Phi) is 2.20. The van der Waals surface area contributed by atoms with Crippen molar-refractivity contribution >= 4 is 11.8 Å². The molecular formula is C6H13NS. The molecule has 0 amide bonds. The smallest absolute Gasteiger partial charge is 0.00269 e. The Morgan fingerprint density at radius 2 is 2.25 bits per heavy atom. The summed E-state index contributed by atoms with van der Waals surface area (Å²) in [5, 5.41) is 0. The zero-order valence-electron chi connectivity index (χ0n) is 5.55. The number of hydrogen-bond acceptors (Lipinski definition) is 2. The standard InChI is InChI=1S/C6H13NS/c1-7-3-6(4-7)5-8-2/h6H,3-5H2,1-2H3. The Balaban J connectivity index is 1.98. The molecule has 0 spiro atoms. The summed E-state index contributed by atoms with van der Waals surface area (Å²) in [4.78, 5) is 2.36. The molecule has 1 saturated heterocycles. The van der Waals surface area contributed by atoms with E-state index in [-0.39, 0.29) is 0 Å². The van der Waals surface area contributed by atoms with E-state index in [1.807, 2.05) is 11.8 Å². The van der Waals surface area contributed by atoms with Crippen LogP contribution in [0.1, 0.15) is 0 Å². The fraction of sp³-hybridized carbons (Fsp3) is 1.00. The van der Waals surface area contributed by atoms with Crippen LogP contribution in [-0.2, 0) is 0 Å². The first-order valence-corrected chi connectivity index (χ1v) is 4.40. The van der Waals surface area contributed by atoms with E-state index in [9.17, 15) is 0 Å². The zero-order chi connectivity index (χ0) is 5.98. The molecule has 8 heavy (non-hydrogen) atoms. The highest BCUT2D eigenvalue weighted by molar-refractivity contribution is 7.98. The minimum Gasteiger partial charge on any atom is -0.306 e. The summed E-state index contributed by atoms with van der Waals surface area (Å²) < 4.78 is 0. The summed E-state index contributed by atoms with van der Waals surface area (Å²) in [7, 11) is 2.18. The van der Waals surface area contributed by atoms with Gasteiger partial charge in [-0.3, -0.25) is 0 Å².